The lowest BCUT2D eigenvalue weighted by molar-refractivity contribution is -0.120. The summed E-state index contributed by atoms with van der Waals surface area (Å²) in [5.41, 5.74) is 7.83. The molecule has 1 fully saturated rings. The molecular formula is C22H28ClN3O2. The molecule has 150 valence electrons. The van der Waals surface area contributed by atoms with E-state index in [1.54, 1.807) is 18.2 Å². The smallest absolute Gasteiger partial charge is 0.253 e. The van der Waals surface area contributed by atoms with E-state index < -0.39 is 0 Å². The molecule has 2 amide bonds. The van der Waals surface area contributed by atoms with Crippen LogP contribution in [0.1, 0.15) is 47.5 Å². The number of amides is 2. The van der Waals surface area contributed by atoms with Gasteiger partial charge in [-0.05, 0) is 49.3 Å². The fourth-order valence-electron chi connectivity index (χ4n) is 3.72. The summed E-state index contributed by atoms with van der Waals surface area (Å²) in [5, 5.41) is 5.71. The number of benzene rings is 2. The minimum absolute atomic E-state index is 0. The maximum atomic E-state index is 12.7. The number of halogens is 1. The summed E-state index contributed by atoms with van der Waals surface area (Å²) in [6.45, 7) is 0.787. The van der Waals surface area contributed by atoms with Crippen molar-refractivity contribution in [1.82, 2.24) is 5.32 Å². The molecule has 0 spiro atoms. The number of carbonyl (C=O) groups excluding carboxylic acids is 2. The molecule has 6 heteroatoms. The van der Waals surface area contributed by atoms with Gasteiger partial charge in [-0.2, -0.15) is 0 Å². The summed E-state index contributed by atoms with van der Waals surface area (Å²) in [6, 6.07) is 17.6. The van der Waals surface area contributed by atoms with Crippen molar-refractivity contribution in [3.63, 3.8) is 0 Å². The summed E-state index contributed by atoms with van der Waals surface area (Å²) in [4.78, 5) is 25.0. The normalized spacial score (nSPS) is 18.6. The number of carbonyl (C=O) groups is 2. The Balaban J connectivity index is 0.00000280. The molecule has 28 heavy (non-hydrogen) atoms. The summed E-state index contributed by atoms with van der Waals surface area (Å²) in [6.07, 6.45) is 3.77. The van der Waals surface area contributed by atoms with Gasteiger partial charge < -0.3 is 16.4 Å². The summed E-state index contributed by atoms with van der Waals surface area (Å²) in [7, 11) is 0. The molecule has 1 aliphatic rings. The van der Waals surface area contributed by atoms with Crippen LogP contribution in [0.15, 0.2) is 54.6 Å². The number of nitrogens with two attached hydrogens (primary N) is 1. The average Bonchev–Trinajstić information content (AvgIpc) is 2.73. The third kappa shape index (κ3) is 5.57. The van der Waals surface area contributed by atoms with Gasteiger partial charge in [0.15, 0.2) is 0 Å². The lowest BCUT2D eigenvalue weighted by Crippen LogP contribution is -2.31. The SMILES string of the molecule is Cl.NCCNC(=O)c1ccccc1NC(=O)C1CCC(c2ccccc2)CC1. The van der Waals surface area contributed by atoms with E-state index in [0.29, 0.717) is 30.3 Å². The third-order valence-electron chi connectivity index (χ3n) is 5.23. The molecule has 0 atom stereocenters. The van der Waals surface area contributed by atoms with Gasteiger partial charge in [0.2, 0.25) is 5.91 Å². The van der Waals surface area contributed by atoms with E-state index in [-0.39, 0.29) is 30.1 Å². The highest BCUT2D eigenvalue weighted by molar-refractivity contribution is 6.04. The standard InChI is InChI=1S/C22H27N3O2.ClH/c23-14-15-24-22(27)19-8-4-5-9-20(19)25-21(26)18-12-10-17(11-13-18)16-6-2-1-3-7-16;/h1-9,17-18H,10-15,23H2,(H,24,27)(H,25,26);1H. The van der Waals surface area contributed by atoms with E-state index in [1.807, 2.05) is 12.1 Å². The molecule has 5 nitrogen and oxygen atoms in total. The van der Waals surface area contributed by atoms with Crippen LogP contribution in [-0.2, 0) is 4.79 Å². The van der Waals surface area contributed by atoms with Crippen LogP contribution < -0.4 is 16.4 Å². The first kappa shape index (κ1) is 21.9. The summed E-state index contributed by atoms with van der Waals surface area (Å²) >= 11 is 0. The monoisotopic (exact) mass is 401 g/mol. The van der Waals surface area contributed by atoms with Crippen LogP contribution in [0.3, 0.4) is 0 Å². The largest absolute Gasteiger partial charge is 0.351 e. The van der Waals surface area contributed by atoms with Crippen molar-refractivity contribution in [2.24, 2.45) is 11.7 Å². The molecule has 0 heterocycles. The zero-order valence-electron chi connectivity index (χ0n) is 15.9. The maximum absolute atomic E-state index is 12.7. The Kier molecular flexibility index (Phi) is 8.48. The number of hydrogen-bond acceptors (Lipinski definition) is 3. The highest BCUT2D eigenvalue weighted by atomic mass is 35.5. The molecule has 2 aromatic rings. The Bertz CT molecular complexity index is 774. The zero-order chi connectivity index (χ0) is 19.1. The number of rotatable bonds is 6. The Labute approximate surface area is 172 Å². The topological polar surface area (TPSA) is 84.2 Å². The van der Waals surface area contributed by atoms with E-state index in [9.17, 15) is 9.59 Å². The van der Waals surface area contributed by atoms with Crippen LogP contribution in [-0.4, -0.2) is 24.9 Å². The van der Waals surface area contributed by atoms with Crippen LogP contribution in [0.25, 0.3) is 0 Å². The lowest BCUT2D eigenvalue weighted by Gasteiger charge is -2.28. The second kappa shape index (κ2) is 10.8. The molecule has 1 saturated carbocycles. The third-order valence-corrected chi connectivity index (χ3v) is 5.23. The highest BCUT2D eigenvalue weighted by Crippen LogP contribution is 2.36. The first-order valence-electron chi connectivity index (χ1n) is 9.62. The Morgan fingerprint density at radius 1 is 0.929 bits per heavy atom. The molecule has 3 rings (SSSR count). The molecule has 1 aliphatic carbocycles. The second-order valence-corrected chi connectivity index (χ2v) is 7.04. The van der Waals surface area contributed by atoms with Crippen molar-refractivity contribution >= 4 is 29.9 Å². The minimum atomic E-state index is -0.218. The van der Waals surface area contributed by atoms with Crippen molar-refractivity contribution in [3.05, 3.63) is 65.7 Å². The molecule has 0 aliphatic heterocycles. The van der Waals surface area contributed by atoms with Gasteiger partial charge in [0.1, 0.15) is 0 Å². The van der Waals surface area contributed by atoms with Crippen molar-refractivity contribution in [1.29, 1.82) is 0 Å². The molecule has 2 aromatic carbocycles. The first-order chi connectivity index (χ1) is 13.2. The number of para-hydroxylation sites is 1. The van der Waals surface area contributed by atoms with Crippen LogP contribution in [0, 0.1) is 5.92 Å². The van der Waals surface area contributed by atoms with Gasteiger partial charge in [0.25, 0.3) is 5.91 Å². The van der Waals surface area contributed by atoms with Crippen molar-refractivity contribution in [2.45, 2.75) is 31.6 Å². The predicted octanol–water partition coefficient (Wildman–Crippen LogP) is 3.71. The Morgan fingerprint density at radius 2 is 1.57 bits per heavy atom. The summed E-state index contributed by atoms with van der Waals surface area (Å²) in [5.74, 6) is 0.305. The van der Waals surface area contributed by atoms with Crippen molar-refractivity contribution in [2.75, 3.05) is 18.4 Å². The van der Waals surface area contributed by atoms with E-state index in [1.165, 1.54) is 5.56 Å². The van der Waals surface area contributed by atoms with Gasteiger partial charge in [0.05, 0.1) is 11.3 Å². The van der Waals surface area contributed by atoms with Gasteiger partial charge in [0, 0.05) is 19.0 Å². The molecule has 0 saturated heterocycles. The van der Waals surface area contributed by atoms with E-state index >= 15 is 0 Å². The lowest BCUT2D eigenvalue weighted by atomic mass is 9.78. The van der Waals surface area contributed by atoms with Crippen molar-refractivity contribution < 1.29 is 9.59 Å². The Hall–Kier alpha value is -2.37. The molecule has 0 aromatic heterocycles. The minimum Gasteiger partial charge on any atom is -0.351 e. The fourth-order valence-corrected chi connectivity index (χ4v) is 3.72. The van der Waals surface area contributed by atoms with Crippen molar-refractivity contribution in [3.8, 4) is 0 Å². The fraction of sp³-hybridized carbons (Fsp3) is 0.364. The van der Waals surface area contributed by atoms with Crippen LogP contribution >= 0.6 is 12.4 Å². The molecular weight excluding hydrogens is 374 g/mol. The maximum Gasteiger partial charge on any atom is 0.253 e. The van der Waals surface area contributed by atoms with Gasteiger partial charge in [-0.3, -0.25) is 9.59 Å². The Morgan fingerprint density at radius 3 is 2.25 bits per heavy atom. The van der Waals surface area contributed by atoms with Crippen LogP contribution in [0.4, 0.5) is 5.69 Å². The van der Waals surface area contributed by atoms with Gasteiger partial charge in [-0.15, -0.1) is 12.4 Å². The van der Waals surface area contributed by atoms with E-state index in [2.05, 4.69) is 34.9 Å². The zero-order valence-corrected chi connectivity index (χ0v) is 16.7. The molecule has 0 bridgehead atoms. The van der Waals surface area contributed by atoms with Gasteiger partial charge in [-0.1, -0.05) is 42.5 Å². The first-order valence-corrected chi connectivity index (χ1v) is 9.62. The van der Waals surface area contributed by atoms with Crippen LogP contribution in [0.2, 0.25) is 0 Å². The van der Waals surface area contributed by atoms with E-state index in [0.717, 1.165) is 25.7 Å². The van der Waals surface area contributed by atoms with Crippen LogP contribution in [0.5, 0.6) is 0 Å². The second-order valence-electron chi connectivity index (χ2n) is 7.04. The molecule has 0 radical (unpaired) electrons. The number of anilines is 1. The predicted molar refractivity (Wildman–Crippen MR) is 115 cm³/mol. The molecule has 0 unspecified atom stereocenters. The van der Waals surface area contributed by atoms with Gasteiger partial charge >= 0.3 is 0 Å². The van der Waals surface area contributed by atoms with Gasteiger partial charge in [-0.25, -0.2) is 0 Å². The number of nitrogens with one attached hydrogen (secondary N) is 2. The highest BCUT2D eigenvalue weighted by Gasteiger charge is 2.27. The quantitative estimate of drug-likeness (QED) is 0.689. The molecule has 4 N–H and O–H groups in total. The summed E-state index contributed by atoms with van der Waals surface area (Å²) < 4.78 is 0. The average molecular weight is 402 g/mol. The van der Waals surface area contributed by atoms with E-state index in [4.69, 9.17) is 5.73 Å². The number of hydrogen-bond donors (Lipinski definition) is 3.